The Bertz CT molecular complexity index is 670. The number of aromatic nitrogens is 1. The van der Waals surface area contributed by atoms with Crippen LogP contribution in [0.25, 0.3) is 10.9 Å². The van der Waals surface area contributed by atoms with Gasteiger partial charge in [0.05, 0.1) is 17.3 Å². The SMILES string of the molecule is CC.CCCC(CCC)n1c(Br)c(C)c2cc(C(=O)OC)ccc21. The van der Waals surface area contributed by atoms with Crippen molar-refractivity contribution >= 4 is 32.8 Å². The lowest BCUT2D eigenvalue weighted by Crippen LogP contribution is -2.09. The molecule has 1 aromatic carbocycles. The second-order valence-corrected chi connectivity index (χ2v) is 6.49. The van der Waals surface area contributed by atoms with E-state index in [1.165, 1.54) is 18.2 Å². The van der Waals surface area contributed by atoms with Crippen LogP contribution >= 0.6 is 15.9 Å². The smallest absolute Gasteiger partial charge is 0.337 e. The molecule has 0 spiro atoms. The van der Waals surface area contributed by atoms with Gasteiger partial charge in [-0.15, -0.1) is 0 Å². The van der Waals surface area contributed by atoms with Crippen molar-refractivity contribution in [3.63, 3.8) is 0 Å². The fraction of sp³-hybridized carbons (Fsp3) is 0.550. The molecule has 0 aliphatic heterocycles. The zero-order chi connectivity index (χ0) is 18.3. The number of halogens is 1. The number of carbonyl (C=O) groups is 1. The van der Waals surface area contributed by atoms with Crippen LogP contribution < -0.4 is 0 Å². The largest absolute Gasteiger partial charge is 0.465 e. The van der Waals surface area contributed by atoms with Crippen molar-refractivity contribution in [1.29, 1.82) is 0 Å². The highest BCUT2D eigenvalue weighted by Crippen LogP contribution is 2.36. The van der Waals surface area contributed by atoms with Crippen molar-refractivity contribution in [3.8, 4) is 0 Å². The monoisotopic (exact) mass is 395 g/mol. The first kappa shape index (κ1) is 20.8. The van der Waals surface area contributed by atoms with Crippen LogP contribution in [-0.4, -0.2) is 17.6 Å². The molecule has 0 aliphatic rings. The minimum absolute atomic E-state index is 0.288. The normalized spacial score (nSPS) is 10.7. The maximum Gasteiger partial charge on any atom is 0.337 e. The van der Waals surface area contributed by atoms with Crippen LogP contribution in [0.2, 0.25) is 0 Å². The molecule has 0 unspecified atom stereocenters. The molecule has 0 saturated carbocycles. The molecule has 24 heavy (non-hydrogen) atoms. The van der Waals surface area contributed by atoms with Crippen LogP contribution in [0.3, 0.4) is 0 Å². The number of esters is 1. The van der Waals surface area contributed by atoms with Crippen molar-refractivity contribution in [2.45, 2.75) is 66.3 Å². The quantitative estimate of drug-likeness (QED) is 0.511. The highest BCUT2D eigenvalue weighted by atomic mass is 79.9. The van der Waals surface area contributed by atoms with Crippen LogP contribution in [0.15, 0.2) is 22.8 Å². The summed E-state index contributed by atoms with van der Waals surface area (Å²) in [6.07, 6.45) is 4.65. The molecule has 1 heterocycles. The Balaban J connectivity index is 0.00000139. The van der Waals surface area contributed by atoms with E-state index in [0.29, 0.717) is 11.6 Å². The molecule has 0 N–H and O–H groups in total. The standard InChI is InChI=1S/C18H24BrNO2.C2H6/c1-5-7-14(8-6-2)20-16-10-9-13(18(21)22-4)11-15(16)12(3)17(20)19;1-2/h9-11,14H,5-8H2,1-4H3;1-2H3. The summed E-state index contributed by atoms with van der Waals surface area (Å²) in [5.74, 6) is -0.288. The van der Waals surface area contributed by atoms with Crippen molar-refractivity contribution < 1.29 is 9.53 Å². The Morgan fingerprint density at radius 1 is 1.21 bits per heavy atom. The van der Waals surface area contributed by atoms with Gasteiger partial charge in [0.2, 0.25) is 0 Å². The number of fused-ring (bicyclic) bond motifs is 1. The lowest BCUT2D eigenvalue weighted by Gasteiger charge is -2.20. The van der Waals surface area contributed by atoms with Crippen LogP contribution in [0.5, 0.6) is 0 Å². The predicted octanol–water partition coefficient (Wildman–Crippen LogP) is 6.67. The molecule has 0 atom stereocenters. The third kappa shape index (κ3) is 4.21. The van der Waals surface area contributed by atoms with Gasteiger partial charge in [-0.05, 0) is 59.5 Å². The van der Waals surface area contributed by atoms with Crippen LogP contribution in [0, 0.1) is 6.92 Å². The molecule has 3 nitrogen and oxygen atoms in total. The molecular formula is C20H30BrNO2. The maximum absolute atomic E-state index is 11.8. The van der Waals surface area contributed by atoms with Crippen LogP contribution in [0.1, 0.15) is 75.3 Å². The first-order chi connectivity index (χ1) is 11.5. The zero-order valence-electron chi connectivity index (χ0n) is 15.8. The van der Waals surface area contributed by atoms with Gasteiger partial charge in [0, 0.05) is 16.9 Å². The Hall–Kier alpha value is -1.29. The van der Waals surface area contributed by atoms with E-state index in [4.69, 9.17) is 4.74 Å². The molecule has 0 bridgehead atoms. The molecule has 0 fully saturated rings. The fourth-order valence-corrected chi connectivity index (χ4v) is 3.81. The summed E-state index contributed by atoms with van der Waals surface area (Å²) < 4.78 is 8.34. The second kappa shape index (κ2) is 9.87. The molecule has 2 aromatic rings. The number of hydrogen-bond acceptors (Lipinski definition) is 2. The summed E-state index contributed by atoms with van der Waals surface area (Å²) in [5.41, 5.74) is 2.96. The Morgan fingerprint density at radius 2 is 1.79 bits per heavy atom. The summed E-state index contributed by atoms with van der Waals surface area (Å²) in [6, 6.07) is 6.32. The Labute approximate surface area is 154 Å². The molecule has 0 saturated heterocycles. The number of methoxy groups -OCH3 is 1. The van der Waals surface area contributed by atoms with E-state index in [-0.39, 0.29) is 5.97 Å². The first-order valence-corrected chi connectivity index (χ1v) is 9.72. The van der Waals surface area contributed by atoms with Gasteiger partial charge in [-0.1, -0.05) is 40.5 Å². The van der Waals surface area contributed by atoms with Crippen LogP contribution in [-0.2, 0) is 4.74 Å². The Kier molecular flexibility index (Phi) is 8.54. The fourth-order valence-electron chi connectivity index (χ4n) is 3.11. The number of benzene rings is 1. The second-order valence-electron chi connectivity index (χ2n) is 5.74. The number of hydrogen-bond donors (Lipinski definition) is 0. The van der Waals surface area contributed by atoms with E-state index in [1.54, 1.807) is 0 Å². The molecule has 1 aromatic heterocycles. The van der Waals surface area contributed by atoms with Crippen molar-refractivity contribution in [3.05, 3.63) is 33.9 Å². The van der Waals surface area contributed by atoms with E-state index < -0.39 is 0 Å². The highest BCUT2D eigenvalue weighted by Gasteiger charge is 2.20. The van der Waals surface area contributed by atoms with E-state index >= 15 is 0 Å². The summed E-state index contributed by atoms with van der Waals surface area (Å²) in [7, 11) is 1.42. The third-order valence-corrected chi connectivity index (χ3v) is 5.19. The maximum atomic E-state index is 11.8. The first-order valence-electron chi connectivity index (χ1n) is 8.93. The van der Waals surface area contributed by atoms with Gasteiger partial charge in [-0.25, -0.2) is 4.79 Å². The van der Waals surface area contributed by atoms with Gasteiger partial charge in [0.15, 0.2) is 0 Å². The number of nitrogens with zero attached hydrogens (tertiary/aromatic N) is 1. The van der Waals surface area contributed by atoms with Crippen molar-refractivity contribution in [2.75, 3.05) is 7.11 Å². The van der Waals surface area contributed by atoms with E-state index in [0.717, 1.165) is 35.7 Å². The van der Waals surface area contributed by atoms with Gasteiger partial charge < -0.3 is 9.30 Å². The van der Waals surface area contributed by atoms with Crippen molar-refractivity contribution in [2.24, 2.45) is 0 Å². The number of aryl methyl sites for hydroxylation is 1. The zero-order valence-corrected chi connectivity index (χ0v) is 17.4. The van der Waals surface area contributed by atoms with Gasteiger partial charge in [-0.3, -0.25) is 0 Å². The van der Waals surface area contributed by atoms with E-state index in [1.807, 2.05) is 32.0 Å². The van der Waals surface area contributed by atoms with Gasteiger partial charge in [0.1, 0.15) is 0 Å². The predicted molar refractivity (Wildman–Crippen MR) is 106 cm³/mol. The molecule has 2 rings (SSSR count). The average molecular weight is 396 g/mol. The van der Waals surface area contributed by atoms with Crippen molar-refractivity contribution in [1.82, 2.24) is 4.57 Å². The topological polar surface area (TPSA) is 31.2 Å². The Morgan fingerprint density at radius 3 is 2.29 bits per heavy atom. The van der Waals surface area contributed by atoms with Crippen LogP contribution in [0.4, 0.5) is 0 Å². The van der Waals surface area contributed by atoms with E-state index in [9.17, 15) is 4.79 Å². The lowest BCUT2D eigenvalue weighted by molar-refractivity contribution is 0.0601. The molecule has 0 aliphatic carbocycles. The number of ether oxygens (including phenoxy) is 1. The van der Waals surface area contributed by atoms with Gasteiger partial charge in [-0.2, -0.15) is 0 Å². The summed E-state index contributed by atoms with van der Waals surface area (Å²) in [4.78, 5) is 11.8. The minimum atomic E-state index is -0.288. The molecule has 0 amide bonds. The summed E-state index contributed by atoms with van der Waals surface area (Å²) >= 11 is 3.76. The van der Waals surface area contributed by atoms with Gasteiger partial charge >= 0.3 is 5.97 Å². The summed E-state index contributed by atoms with van der Waals surface area (Å²) in [5, 5.41) is 1.12. The van der Waals surface area contributed by atoms with E-state index in [2.05, 4.69) is 41.3 Å². The molecule has 0 radical (unpaired) electrons. The average Bonchev–Trinajstić information content (AvgIpc) is 2.86. The summed E-state index contributed by atoms with van der Waals surface area (Å²) in [6.45, 7) is 10.5. The molecule has 4 heteroatoms. The van der Waals surface area contributed by atoms with Gasteiger partial charge in [0.25, 0.3) is 0 Å². The molecular weight excluding hydrogens is 366 g/mol. The molecule has 134 valence electrons. The number of carbonyl (C=O) groups excluding carboxylic acids is 1. The minimum Gasteiger partial charge on any atom is -0.465 e. The highest BCUT2D eigenvalue weighted by molar-refractivity contribution is 9.10. The number of rotatable bonds is 6. The lowest BCUT2D eigenvalue weighted by atomic mass is 10.1. The third-order valence-electron chi connectivity index (χ3n) is 4.21.